The molecule has 1 aromatic carbocycles. The smallest absolute Gasteiger partial charge is 0.0831 e. The Morgan fingerprint density at radius 2 is 2.31 bits per heavy atom. The zero-order valence-corrected chi connectivity index (χ0v) is 9.69. The van der Waals surface area contributed by atoms with Gasteiger partial charge in [-0.25, -0.2) is 0 Å². The molecule has 0 aromatic heterocycles. The molecule has 1 aliphatic heterocycles. The molecule has 0 bridgehead atoms. The Bertz CT molecular complexity index is 334. The summed E-state index contributed by atoms with van der Waals surface area (Å²) in [7, 11) is 0. The van der Waals surface area contributed by atoms with Crippen LogP contribution in [0.15, 0.2) is 24.3 Å². The van der Waals surface area contributed by atoms with Gasteiger partial charge in [-0.1, -0.05) is 24.3 Å². The molecule has 0 aliphatic carbocycles. The summed E-state index contributed by atoms with van der Waals surface area (Å²) in [5.74, 6) is 0. The van der Waals surface area contributed by atoms with Crippen LogP contribution in [0.5, 0.6) is 0 Å². The summed E-state index contributed by atoms with van der Waals surface area (Å²) in [5.41, 5.74) is 8.50. The Balaban J connectivity index is 1.87. The van der Waals surface area contributed by atoms with Crippen molar-refractivity contribution in [2.45, 2.75) is 25.5 Å². The maximum atomic E-state index is 6.11. The fraction of sp³-hybridized carbons (Fsp3) is 0.538. The zero-order valence-electron chi connectivity index (χ0n) is 9.69. The highest BCUT2D eigenvalue weighted by Gasteiger charge is 2.18. The minimum Gasteiger partial charge on any atom is -0.379 e. The van der Waals surface area contributed by atoms with E-state index in [1.807, 2.05) is 12.1 Å². The van der Waals surface area contributed by atoms with E-state index in [9.17, 15) is 0 Å². The van der Waals surface area contributed by atoms with Gasteiger partial charge >= 0.3 is 0 Å². The van der Waals surface area contributed by atoms with E-state index in [0.29, 0.717) is 13.2 Å². The van der Waals surface area contributed by atoms with Crippen LogP contribution in [0.2, 0.25) is 0 Å². The van der Waals surface area contributed by atoms with Crippen molar-refractivity contribution in [1.82, 2.24) is 0 Å². The number of rotatable bonds is 4. The van der Waals surface area contributed by atoms with Crippen LogP contribution in [0.4, 0.5) is 0 Å². The second-order valence-corrected chi connectivity index (χ2v) is 4.28. The molecule has 1 fully saturated rings. The predicted octanol–water partition coefficient (Wildman–Crippen LogP) is 1.80. The molecule has 2 unspecified atom stereocenters. The topological polar surface area (TPSA) is 44.5 Å². The second-order valence-electron chi connectivity index (χ2n) is 4.28. The van der Waals surface area contributed by atoms with Crippen LogP contribution in [-0.2, 0) is 9.47 Å². The first-order valence-electron chi connectivity index (χ1n) is 5.78. The van der Waals surface area contributed by atoms with Crippen molar-refractivity contribution in [2.75, 3.05) is 19.8 Å². The molecule has 0 saturated carbocycles. The lowest BCUT2D eigenvalue weighted by Gasteiger charge is -2.17. The molecule has 0 amide bonds. The van der Waals surface area contributed by atoms with Crippen molar-refractivity contribution in [1.29, 1.82) is 0 Å². The molecule has 88 valence electrons. The van der Waals surface area contributed by atoms with Crippen LogP contribution >= 0.6 is 0 Å². The molecule has 2 atom stereocenters. The monoisotopic (exact) mass is 221 g/mol. The minimum atomic E-state index is -0.0400. The van der Waals surface area contributed by atoms with Gasteiger partial charge in [0.05, 0.1) is 25.4 Å². The van der Waals surface area contributed by atoms with Crippen LogP contribution in [0.3, 0.4) is 0 Å². The third-order valence-electron chi connectivity index (χ3n) is 2.99. The third kappa shape index (κ3) is 2.82. The normalized spacial score (nSPS) is 22.2. The molecule has 2 rings (SSSR count). The Hall–Kier alpha value is -0.900. The maximum absolute atomic E-state index is 6.11. The standard InChI is InChI=1S/C13H19NO2/c1-10-4-2-3-5-12(10)13(14)9-16-11-6-7-15-8-11/h2-5,11,13H,6-9,14H2,1H3. The van der Waals surface area contributed by atoms with E-state index in [1.165, 1.54) is 11.1 Å². The molecule has 1 aliphatic rings. The highest BCUT2D eigenvalue weighted by Crippen LogP contribution is 2.17. The number of nitrogens with two attached hydrogens (primary N) is 1. The van der Waals surface area contributed by atoms with E-state index in [0.717, 1.165) is 13.0 Å². The van der Waals surface area contributed by atoms with Crippen molar-refractivity contribution in [2.24, 2.45) is 5.73 Å². The third-order valence-corrected chi connectivity index (χ3v) is 2.99. The van der Waals surface area contributed by atoms with Crippen molar-refractivity contribution < 1.29 is 9.47 Å². The number of benzene rings is 1. The lowest BCUT2D eigenvalue weighted by atomic mass is 10.0. The van der Waals surface area contributed by atoms with Crippen LogP contribution < -0.4 is 5.73 Å². The summed E-state index contributed by atoms with van der Waals surface area (Å²) >= 11 is 0. The second kappa shape index (κ2) is 5.43. The average Bonchev–Trinajstić information content (AvgIpc) is 2.79. The molecule has 2 N–H and O–H groups in total. The van der Waals surface area contributed by atoms with E-state index < -0.39 is 0 Å². The summed E-state index contributed by atoms with van der Waals surface area (Å²) in [5, 5.41) is 0. The van der Waals surface area contributed by atoms with E-state index in [-0.39, 0.29) is 12.1 Å². The van der Waals surface area contributed by atoms with Gasteiger partial charge in [0.1, 0.15) is 0 Å². The Morgan fingerprint density at radius 1 is 1.50 bits per heavy atom. The van der Waals surface area contributed by atoms with Gasteiger partial charge in [-0.05, 0) is 24.5 Å². The van der Waals surface area contributed by atoms with Gasteiger partial charge in [0.25, 0.3) is 0 Å². The fourth-order valence-electron chi connectivity index (χ4n) is 1.98. The van der Waals surface area contributed by atoms with Crippen molar-refractivity contribution in [3.8, 4) is 0 Å². The van der Waals surface area contributed by atoms with Crippen LogP contribution in [0.1, 0.15) is 23.6 Å². The highest BCUT2D eigenvalue weighted by molar-refractivity contribution is 5.28. The summed E-state index contributed by atoms with van der Waals surface area (Å²) in [4.78, 5) is 0. The summed E-state index contributed by atoms with van der Waals surface area (Å²) in [6.45, 7) is 4.16. The van der Waals surface area contributed by atoms with E-state index in [4.69, 9.17) is 15.2 Å². The molecule has 1 saturated heterocycles. The SMILES string of the molecule is Cc1ccccc1C(N)COC1CCOC1. The summed E-state index contributed by atoms with van der Waals surface area (Å²) in [6, 6.07) is 8.14. The molecular formula is C13H19NO2. The first kappa shape index (κ1) is 11.6. The quantitative estimate of drug-likeness (QED) is 0.843. The lowest BCUT2D eigenvalue weighted by Crippen LogP contribution is -2.23. The van der Waals surface area contributed by atoms with Crippen molar-refractivity contribution in [3.63, 3.8) is 0 Å². The van der Waals surface area contributed by atoms with E-state index in [2.05, 4.69) is 19.1 Å². The number of aryl methyl sites for hydroxylation is 1. The van der Waals surface area contributed by atoms with Crippen molar-refractivity contribution in [3.05, 3.63) is 35.4 Å². The zero-order chi connectivity index (χ0) is 11.4. The molecule has 1 heterocycles. The van der Waals surface area contributed by atoms with Gasteiger partial charge in [-0.3, -0.25) is 0 Å². The van der Waals surface area contributed by atoms with Crippen molar-refractivity contribution >= 4 is 0 Å². The van der Waals surface area contributed by atoms with Gasteiger partial charge in [-0.2, -0.15) is 0 Å². The molecule has 16 heavy (non-hydrogen) atoms. The molecular weight excluding hydrogens is 202 g/mol. The molecule has 0 radical (unpaired) electrons. The largest absolute Gasteiger partial charge is 0.379 e. The number of hydrogen-bond donors (Lipinski definition) is 1. The average molecular weight is 221 g/mol. The molecule has 1 aromatic rings. The van der Waals surface area contributed by atoms with Gasteiger partial charge in [-0.15, -0.1) is 0 Å². The van der Waals surface area contributed by atoms with Gasteiger partial charge < -0.3 is 15.2 Å². The van der Waals surface area contributed by atoms with E-state index >= 15 is 0 Å². The lowest BCUT2D eigenvalue weighted by molar-refractivity contribution is 0.0349. The Kier molecular flexibility index (Phi) is 3.93. The summed E-state index contributed by atoms with van der Waals surface area (Å²) in [6.07, 6.45) is 1.22. The first-order valence-corrected chi connectivity index (χ1v) is 5.78. The van der Waals surface area contributed by atoms with Gasteiger partial charge in [0, 0.05) is 6.61 Å². The molecule has 3 nitrogen and oxygen atoms in total. The van der Waals surface area contributed by atoms with Gasteiger partial charge in [0.2, 0.25) is 0 Å². The predicted molar refractivity (Wildman–Crippen MR) is 63.3 cm³/mol. The van der Waals surface area contributed by atoms with Crippen LogP contribution in [0, 0.1) is 6.92 Å². The minimum absolute atomic E-state index is 0.0400. The van der Waals surface area contributed by atoms with Crippen LogP contribution in [-0.4, -0.2) is 25.9 Å². The highest BCUT2D eigenvalue weighted by atomic mass is 16.5. The van der Waals surface area contributed by atoms with Gasteiger partial charge in [0.15, 0.2) is 0 Å². The Labute approximate surface area is 96.5 Å². The molecule has 0 spiro atoms. The Morgan fingerprint density at radius 3 is 3.00 bits per heavy atom. The number of ether oxygens (including phenoxy) is 2. The fourth-order valence-corrected chi connectivity index (χ4v) is 1.98. The first-order chi connectivity index (χ1) is 7.77. The summed E-state index contributed by atoms with van der Waals surface area (Å²) < 4.78 is 11.0. The van der Waals surface area contributed by atoms with E-state index in [1.54, 1.807) is 0 Å². The number of hydrogen-bond acceptors (Lipinski definition) is 3. The van der Waals surface area contributed by atoms with Crippen LogP contribution in [0.25, 0.3) is 0 Å². The molecule has 3 heteroatoms. The maximum Gasteiger partial charge on any atom is 0.0831 e.